The van der Waals surface area contributed by atoms with E-state index in [1.54, 1.807) is 36.4 Å². The standard InChI is InChI=1S/C25H22ClFN2O3/c1-15-4-2-3-5-19(15)24(31)28-18-9-6-16(7-10-18)25(32)29-21-11-8-17(27)14-20(21)22(30)12-13-23(29)26/h2-11,14,22-23,30H,12-13H2,1H3,(H,28,31). The lowest BCUT2D eigenvalue weighted by molar-refractivity contribution is 0.0982. The van der Waals surface area contributed by atoms with Crippen LogP contribution in [-0.4, -0.2) is 22.4 Å². The lowest BCUT2D eigenvalue weighted by atomic mass is 10.0. The number of benzene rings is 3. The topological polar surface area (TPSA) is 69.6 Å². The molecule has 0 radical (unpaired) electrons. The number of nitrogens with one attached hydrogen (secondary N) is 1. The van der Waals surface area contributed by atoms with Gasteiger partial charge in [0.15, 0.2) is 0 Å². The predicted molar refractivity (Wildman–Crippen MR) is 123 cm³/mol. The minimum atomic E-state index is -0.904. The van der Waals surface area contributed by atoms with E-state index in [4.69, 9.17) is 11.6 Å². The number of aliphatic hydroxyl groups excluding tert-OH is 1. The summed E-state index contributed by atoms with van der Waals surface area (Å²) in [5, 5.41) is 13.2. The first kappa shape index (κ1) is 22.0. The van der Waals surface area contributed by atoms with Crippen LogP contribution in [0.25, 0.3) is 0 Å². The van der Waals surface area contributed by atoms with Crippen molar-refractivity contribution in [3.8, 4) is 0 Å². The van der Waals surface area contributed by atoms with Gasteiger partial charge in [0, 0.05) is 22.4 Å². The Kier molecular flexibility index (Phi) is 6.26. The van der Waals surface area contributed by atoms with Crippen molar-refractivity contribution in [1.29, 1.82) is 0 Å². The van der Waals surface area contributed by atoms with Crippen LogP contribution in [0.5, 0.6) is 0 Å². The van der Waals surface area contributed by atoms with Gasteiger partial charge in [-0.1, -0.05) is 29.8 Å². The van der Waals surface area contributed by atoms with Crippen molar-refractivity contribution in [2.45, 2.75) is 31.4 Å². The fourth-order valence-corrected chi connectivity index (χ4v) is 4.16. The van der Waals surface area contributed by atoms with Gasteiger partial charge in [-0.15, -0.1) is 0 Å². The molecule has 0 aromatic heterocycles. The summed E-state index contributed by atoms with van der Waals surface area (Å²) in [6.07, 6.45) is -0.230. The summed E-state index contributed by atoms with van der Waals surface area (Å²) in [6.45, 7) is 1.86. The Labute approximate surface area is 190 Å². The van der Waals surface area contributed by atoms with E-state index in [1.165, 1.54) is 23.1 Å². The zero-order valence-corrected chi connectivity index (χ0v) is 18.1. The van der Waals surface area contributed by atoms with Gasteiger partial charge >= 0.3 is 0 Å². The Hall–Kier alpha value is -3.22. The molecule has 1 aliphatic heterocycles. The third-order valence-corrected chi connectivity index (χ3v) is 5.98. The van der Waals surface area contributed by atoms with Crippen LogP contribution in [0.3, 0.4) is 0 Å². The van der Waals surface area contributed by atoms with Crippen LogP contribution in [0.4, 0.5) is 15.8 Å². The summed E-state index contributed by atoms with van der Waals surface area (Å²) in [5.41, 5.74) is 2.38. The number of fused-ring (bicyclic) bond motifs is 1. The molecule has 0 aliphatic carbocycles. The van der Waals surface area contributed by atoms with Crippen molar-refractivity contribution in [1.82, 2.24) is 0 Å². The van der Waals surface area contributed by atoms with Gasteiger partial charge in [0.2, 0.25) is 0 Å². The molecular formula is C25H22ClFN2O3. The maximum Gasteiger partial charge on any atom is 0.259 e. The maximum atomic E-state index is 13.8. The van der Waals surface area contributed by atoms with E-state index in [9.17, 15) is 19.1 Å². The molecule has 32 heavy (non-hydrogen) atoms. The number of hydrogen-bond acceptors (Lipinski definition) is 3. The summed E-state index contributed by atoms with van der Waals surface area (Å²) in [6, 6.07) is 17.7. The monoisotopic (exact) mass is 452 g/mol. The first-order chi connectivity index (χ1) is 15.3. The van der Waals surface area contributed by atoms with Crippen LogP contribution in [0, 0.1) is 12.7 Å². The highest BCUT2D eigenvalue weighted by atomic mass is 35.5. The Morgan fingerprint density at radius 2 is 1.78 bits per heavy atom. The van der Waals surface area contributed by atoms with Crippen LogP contribution in [-0.2, 0) is 0 Å². The molecule has 2 N–H and O–H groups in total. The van der Waals surface area contributed by atoms with Crippen molar-refractivity contribution in [2.75, 3.05) is 10.2 Å². The first-order valence-electron chi connectivity index (χ1n) is 10.3. The lowest BCUT2D eigenvalue weighted by Gasteiger charge is -2.27. The van der Waals surface area contributed by atoms with Crippen LogP contribution < -0.4 is 10.2 Å². The second-order valence-corrected chi connectivity index (χ2v) is 8.26. The lowest BCUT2D eigenvalue weighted by Crippen LogP contribution is -2.37. The Morgan fingerprint density at radius 3 is 2.50 bits per heavy atom. The van der Waals surface area contributed by atoms with Gasteiger partial charge in [0.25, 0.3) is 11.8 Å². The summed E-state index contributed by atoms with van der Waals surface area (Å²) in [5.74, 6) is -1.10. The Balaban J connectivity index is 1.58. The molecule has 7 heteroatoms. The Bertz CT molecular complexity index is 1170. The highest BCUT2D eigenvalue weighted by Crippen LogP contribution is 2.38. The molecule has 2 atom stereocenters. The van der Waals surface area contributed by atoms with E-state index in [1.807, 2.05) is 19.1 Å². The molecule has 0 fully saturated rings. The van der Waals surface area contributed by atoms with Crippen molar-refractivity contribution >= 4 is 34.8 Å². The second kappa shape index (κ2) is 9.10. The highest BCUT2D eigenvalue weighted by Gasteiger charge is 2.32. The Morgan fingerprint density at radius 1 is 1.06 bits per heavy atom. The molecule has 0 bridgehead atoms. The first-order valence-corrected chi connectivity index (χ1v) is 10.7. The number of carbonyl (C=O) groups is 2. The number of aliphatic hydroxyl groups is 1. The van der Waals surface area contributed by atoms with Crippen molar-refractivity contribution < 1.29 is 19.1 Å². The maximum absolute atomic E-state index is 13.8. The number of halogens is 2. The van der Waals surface area contributed by atoms with Crippen LogP contribution in [0.15, 0.2) is 66.7 Å². The molecule has 0 spiro atoms. The fraction of sp³-hybridized carbons (Fsp3) is 0.200. The van der Waals surface area contributed by atoms with Gasteiger partial charge < -0.3 is 10.4 Å². The zero-order valence-electron chi connectivity index (χ0n) is 17.4. The molecule has 3 aromatic rings. The predicted octanol–water partition coefficient (Wildman–Crippen LogP) is 5.43. The number of rotatable bonds is 3. The number of anilines is 2. The largest absolute Gasteiger partial charge is 0.388 e. The number of aryl methyl sites for hydroxylation is 1. The molecule has 0 saturated heterocycles. The van der Waals surface area contributed by atoms with E-state index < -0.39 is 17.4 Å². The van der Waals surface area contributed by atoms with E-state index in [2.05, 4.69) is 5.32 Å². The number of alkyl halides is 1. The van der Waals surface area contributed by atoms with Gasteiger partial charge in [-0.25, -0.2) is 4.39 Å². The molecule has 1 aliphatic rings. The van der Waals surface area contributed by atoms with Crippen LogP contribution in [0.2, 0.25) is 0 Å². The molecule has 164 valence electrons. The van der Waals surface area contributed by atoms with Crippen LogP contribution in [0.1, 0.15) is 50.8 Å². The van der Waals surface area contributed by atoms with Gasteiger partial charge in [-0.05, 0) is 73.9 Å². The smallest absolute Gasteiger partial charge is 0.259 e. The summed E-state index contributed by atoms with van der Waals surface area (Å²) in [4.78, 5) is 27.2. The molecule has 3 aromatic carbocycles. The van der Waals surface area contributed by atoms with E-state index in [0.29, 0.717) is 40.9 Å². The second-order valence-electron chi connectivity index (χ2n) is 7.75. The highest BCUT2D eigenvalue weighted by molar-refractivity contribution is 6.26. The van der Waals surface area contributed by atoms with Crippen LogP contribution >= 0.6 is 11.6 Å². The molecule has 4 rings (SSSR count). The molecule has 0 saturated carbocycles. The SMILES string of the molecule is Cc1ccccc1C(=O)Nc1ccc(C(=O)N2c3ccc(F)cc3C(O)CCC2Cl)cc1. The number of nitrogens with zero attached hydrogens (tertiary/aromatic N) is 1. The fourth-order valence-electron chi connectivity index (χ4n) is 3.84. The molecule has 2 amide bonds. The third kappa shape index (κ3) is 4.38. The minimum absolute atomic E-state index is 0.236. The summed E-state index contributed by atoms with van der Waals surface area (Å²) in [7, 11) is 0. The molecule has 5 nitrogen and oxygen atoms in total. The summed E-state index contributed by atoms with van der Waals surface area (Å²) < 4.78 is 13.8. The average Bonchev–Trinajstić information content (AvgIpc) is 2.90. The van der Waals surface area contributed by atoms with Gasteiger partial charge in [0.1, 0.15) is 11.3 Å². The zero-order chi connectivity index (χ0) is 22.8. The normalized spacial score (nSPS) is 17.9. The van der Waals surface area contributed by atoms with E-state index in [0.717, 1.165) is 5.56 Å². The average molecular weight is 453 g/mol. The minimum Gasteiger partial charge on any atom is -0.388 e. The molecule has 2 unspecified atom stereocenters. The molecule has 1 heterocycles. The number of amides is 2. The number of hydrogen-bond donors (Lipinski definition) is 2. The van der Waals surface area contributed by atoms with Gasteiger partial charge in [0.05, 0.1) is 11.8 Å². The van der Waals surface area contributed by atoms with Crippen molar-refractivity contribution in [3.63, 3.8) is 0 Å². The van der Waals surface area contributed by atoms with Crippen molar-refractivity contribution in [3.05, 3.63) is 94.8 Å². The van der Waals surface area contributed by atoms with Gasteiger partial charge in [-0.2, -0.15) is 0 Å². The molecular weight excluding hydrogens is 431 g/mol. The third-order valence-electron chi connectivity index (χ3n) is 5.56. The summed E-state index contributed by atoms with van der Waals surface area (Å²) >= 11 is 6.49. The van der Waals surface area contributed by atoms with E-state index >= 15 is 0 Å². The van der Waals surface area contributed by atoms with Crippen molar-refractivity contribution in [2.24, 2.45) is 0 Å². The van der Waals surface area contributed by atoms with Gasteiger partial charge in [-0.3, -0.25) is 14.5 Å². The number of carbonyl (C=O) groups excluding carboxylic acids is 2. The van der Waals surface area contributed by atoms with E-state index in [-0.39, 0.29) is 11.8 Å². The quantitative estimate of drug-likeness (QED) is 0.411.